The van der Waals surface area contributed by atoms with E-state index in [1.165, 1.54) is 12.1 Å². The van der Waals surface area contributed by atoms with E-state index in [2.05, 4.69) is 21.2 Å². The average Bonchev–Trinajstić information content (AvgIpc) is 3.34. The minimum atomic E-state index is -4.38. The van der Waals surface area contributed by atoms with Crippen LogP contribution in [0.5, 0.6) is 11.5 Å². The van der Waals surface area contributed by atoms with Crippen molar-refractivity contribution in [2.75, 3.05) is 12.4 Å². The fraction of sp³-hybridized carbons (Fsp3) is 0.259. The molecule has 3 nitrogen and oxygen atoms in total. The summed E-state index contributed by atoms with van der Waals surface area (Å²) in [6, 6.07) is 13.0. The minimum absolute atomic E-state index is 0.0700. The normalized spacial score (nSPS) is 20.5. The third-order valence-electron chi connectivity index (χ3n) is 6.67. The Morgan fingerprint density at radius 1 is 1.06 bits per heavy atom. The summed E-state index contributed by atoms with van der Waals surface area (Å²) in [5.74, 6) is 1.05. The molecule has 0 spiro atoms. The Kier molecular flexibility index (Phi) is 6.92. The highest BCUT2D eigenvalue weighted by Gasteiger charge is 2.40. The van der Waals surface area contributed by atoms with Gasteiger partial charge in [0.05, 0.1) is 33.2 Å². The quantitative estimate of drug-likeness (QED) is 0.297. The van der Waals surface area contributed by atoms with Gasteiger partial charge < -0.3 is 14.8 Å². The Hall–Kier alpha value is -2.35. The summed E-state index contributed by atoms with van der Waals surface area (Å²) in [7, 11) is 1.57. The van der Waals surface area contributed by atoms with Crippen molar-refractivity contribution < 1.29 is 22.6 Å². The highest BCUT2D eigenvalue weighted by atomic mass is 79.9. The van der Waals surface area contributed by atoms with Crippen LogP contribution in [-0.4, -0.2) is 7.11 Å². The topological polar surface area (TPSA) is 30.5 Å². The number of rotatable bonds is 5. The molecule has 188 valence electrons. The molecule has 1 N–H and O–H groups in total. The Balaban J connectivity index is 1.44. The molecule has 0 aromatic heterocycles. The van der Waals surface area contributed by atoms with Crippen molar-refractivity contribution in [3.63, 3.8) is 0 Å². The van der Waals surface area contributed by atoms with Crippen molar-refractivity contribution in [1.82, 2.24) is 0 Å². The molecule has 0 bridgehead atoms. The van der Waals surface area contributed by atoms with Gasteiger partial charge in [-0.25, -0.2) is 0 Å². The van der Waals surface area contributed by atoms with Crippen LogP contribution in [0.2, 0.25) is 10.0 Å². The molecule has 2 aliphatic rings. The zero-order valence-electron chi connectivity index (χ0n) is 19.0. The van der Waals surface area contributed by atoms with Crippen molar-refractivity contribution in [3.8, 4) is 11.5 Å². The number of halogens is 6. The summed E-state index contributed by atoms with van der Waals surface area (Å²) >= 11 is 15.7. The van der Waals surface area contributed by atoms with Gasteiger partial charge in [0.1, 0.15) is 6.61 Å². The fourth-order valence-electron chi connectivity index (χ4n) is 4.95. The van der Waals surface area contributed by atoms with Gasteiger partial charge in [-0.1, -0.05) is 41.4 Å². The highest BCUT2D eigenvalue weighted by Crippen LogP contribution is 2.52. The number of ether oxygens (including phenoxy) is 2. The van der Waals surface area contributed by atoms with Crippen LogP contribution in [-0.2, 0) is 12.8 Å². The van der Waals surface area contributed by atoms with Crippen LogP contribution >= 0.6 is 39.1 Å². The smallest absolute Gasteiger partial charge is 0.416 e. The van der Waals surface area contributed by atoms with Gasteiger partial charge >= 0.3 is 6.18 Å². The molecule has 1 aliphatic carbocycles. The van der Waals surface area contributed by atoms with E-state index in [0.717, 1.165) is 23.6 Å². The molecule has 3 aromatic rings. The molecule has 0 unspecified atom stereocenters. The zero-order chi connectivity index (χ0) is 25.6. The maximum atomic E-state index is 13.3. The van der Waals surface area contributed by atoms with Gasteiger partial charge in [0.15, 0.2) is 11.5 Å². The molecule has 3 aromatic carbocycles. The molecule has 1 aliphatic heterocycles. The second-order valence-corrected chi connectivity index (χ2v) is 10.5. The number of anilines is 1. The van der Waals surface area contributed by atoms with E-state index in [9.17, 15) is 13.2 Å². The number of methoxy groups -OCH3 is 1. The zero-order valence-corrected chi connectivity index (χ0v) is 22.1. The maximum Gasteiger partial charge on any atom is 0.416 e. The Morgan fingerprint density at radius 2 is 1.86 bits per heavy atom. The summed E-state index contributed by atoms with van der Waals surface area (Å²) in [5.41, 5.74) is 2.55. The molecular weight excluding hydrogens is 578 g/mol. The molecule has 0 saturated heterocycles. The average molecular weight is 599 g/mol. The van der Waals surface area contributed by atoms with Gasteiger partial charge in [0.2, 0.25) is 0 Å². The van der Waals surface area contributed by atoms with Crippen LogP contribution in [0.1, 0.15) is 40.6 Å². The van der Waals surface area contributed by atoms with Crippen LogP contribution < -0.4 is 14.8 Å². The van der Waals surface area contributed by atoms with Gasteiger partial charge in [-0.05, 0) is 87.4 Å². The second-order valence-electron chi connectivity index (χ2n) is 8.85. The van der Waals surface area contributed by atoms with Crippen LogP contribution in [0.3, 0.4) is 0 Å². The van der Waals surface area contributed by atoms with E-state index in [0.29, 0.717) is 37.3 Å². The molecule has 0 saturated carbocycles. The molecule has 0 radical (unpaired) electrons. The Labute approximate surface area is 225 Å². The molecule has 0 fully saturated rings. The SMILES string of the molecule is COc1cc([C@@H]2Nc3ccc(C(F)(F)F)cc3[C@@H]3C=CC[C@@H]32)cc(Br)c1OCc1ccc(Cl)c(Cl)c1. The van der Waals surface area contributed by atoms with E-state index in [-0.39, 0.29) is 24.5 Å². The van der Waals surface area contributed by atoms with E-state index in [4.69, 9.17) is 32.7 Å². The number of alkyl halides is 3. The predicted octanol–water partition coefficient (Wildman–Crippen LogP) is 9.19. The Bertz CT molecular complexity index is 1350. The lowest BCUT2D eigenvalue weighted by Crippen LogP contribution is -2.29. The molecule has 3 atom stereocenters. The van der Waals surface area contributed by atoms with Crippen LogP contribution in [0.4, 0.5) is 18.9 Å². The lowest BCUT2D eigenvalue weighted by molar-refractivity contribution is -0.137. The van der Waals surface area contributed by atoms with E-state index in [1.54, 1.807) is 19.2 Å². The van der Waals surface area contributed by atoms with Gasteiger partial charge in [-0.15, -0.1) is 0 Å². The highest BCUT2D eigenvalue weighted by molar-refractivity contribution is 9.10. The summed E-state index contributed by atoms with van der Waals surface area (Å²) in [6.45, 7) is 0.260. The third kappa shape index (κ3) is 4.81. The van der Waals surface area contributed by atoms with E-state index >= 15 is 0 Å². The number of benzene rings is 3. The first-order chi connectivity index (χ1) is 17.2. The lowest BCUT2D eigenvalue weighted by atomic mass is 9.76. The van der Waals surface area contributed by atoms with Gasteiger partial charge in [-0.2, -0.15) is 13.2 Å². The molecule has 0 amide bonds. The van der Waals surface area contributed by atoms with Crippen LogP contribution in [0.15, 0.2) is 65.2 Å². The van der Waals surface area contributed by atoms with Gasteiger partial charge in [-0.3, -0.25) is 0 Å². The first kappa shape index (κ1) is 25.3. The van der Waals surface area contributed by atoms with Gasteiger partial charge in [0.25, 0.3) is 0 Å². The van der Waals surface area contributed by atoms with E-state index in [1.807, 2.05) is 30.4 Å². The van der Waals surface area contributed by atoms with Gasteiger partial charge in [0, 0.05) is 11.6 Å². The second kappa shape index (κ2) is 9.84. The fourth-order valence-corrected chi connectivity index (χ4v) is 5.84. The molecule has 36 heavy (non-hydrogen) atoms. The molecular formula is C27H21BrCl2F3NO2. The lowest BCUT2D eigenvalue weighted by Gasteiger charge is -2.38. The summed E-state index contributed by atoms with van der Waals surface area (Å²) in [5, 5.41) is 4.40. The number of hydrogen-bond donors (Lipinski definition) is 1. The van der Waals surface area contributed by atoms with Crippen molar-refractivity contribution in [1.29, 1.82) is 0 Å². The number of allylic oxidation sites excluding steroid dienone is 2. The molecule has 1 heterocycles. The van der Waals surface area contributed by atoms with Crippen molar-refractivity contribution in [2.45, 2.75) is 31.2 Å². The monoisotopic (exact) mass is 597 g/mol. The Morgan fingerprint density at radius 3 is 2.58 bits per heavy atom. The van der Waals surface area contributed by atoms with Crippen LogP contribution in [0, 0.1) is 5.92 Å². The maximum absolute atomic E-state index is 13.3. The standard InChI is InChI=1S/C27H21BrCl2F3NO2/c1-35-24-11-15(10-20(28)26(24)36-13-14-5-7-21(29)22(30)9-14)25-18-4-2-3-17(18)19-12-16(27(31,32)33)6-8-23(19)34-25/h2-3,5-12,17-18,25,34H,4,13H2,1H3/t17-,18+,25+/m1/s1. The van der Waals surface area contributed by atoms with Crippen molar-refractivity contribution >= 4 is 44.8 Å². The van der Waals surface area contributed by atoms with Crippen LogP contribution in [0.25, 0.3) is 0 Å². The molecule has 9 heteroatoms. The molecule has 5 rings (SSSR count). The number of nitrogens with one attached hydrogen (secondary N) is 1. The largest absolute Gasteiger partial charge is 0.493 e. The first-order valence-corrected chi connectivity index (χ1v) is 12.8. The summed E-state index contributed by atoms with van der Waals surface area (Å²) in [6.07, 6.45) is 0.432. The van der Waals surface area contributed by atoms with E-state index < -0.39 is 11.7 Å². The first-order valence-electron chi connectivity index (χ1n) is 11.2. The minimum Gasteiger partial charge on any atom is -0.493 e. The summed E-state index contributed by atoms with van der Waals surface area (Å²) < 4.78 is 52.4. The number of hydrogen-bond acceptors (Lipinski definition) is 3. The summed E-state index contributed by atoms with van der Waals surface area (Å²) in [4.78, 5) is 0. The van der Waals surface area contributed by atoms with Crippen molar-refractivity contribution in [2.24, 2.45) is 5.92 Å². The number of fused-ring (bicyclic) bond motifs is 3. The third-order valence-corrected chi connectivity index (χ3v) is 8.00. The predicted molar refractivity (Wildman–Crippen MR) is 139 cm³/mol. The van der Waals surface area contributed by atoms with Crippen molar-refractivity contribution in [3.05, 3.63) is 97.5 Å².